The van der Waals surface area contributed by atoms with Crippen molar-refractivity contribution in [1.82, 2.24) is 5.32 Å². The number of phenolic OH excluding ortho intramolecular Hbond substituents is 1. The number of aliphatic hydroxyl groups is 2. The van der Waals surface area contributed by atoms with Crippen LogP contribution in [0.25, 0.3) is 0 Å². The minimum absolute atomic E-state index is 0.170. The lowest BCUT2D eigenvalue weighted by atomic mass is 9.83. The number of benzene rings is 1. The van der Waals surface area contributed by atoms with Gasteiger partial charge in [0.2, 0.25) is 5.91 Å². The van der Waals surface area contributed by atoms with Crippen molar-refractivity contribution in [3.63, 3.8) is 0 Å². The fourth-order valence-electron chi connectivity index (χ4n) is 2.74. The van der Waals surface area contributed by atoms with E-state index in [1.165, 1.54) is 0 Å². The van der Waals surface area contributed by atoms with Gasteiger partial charge in [0.05, 0.1) is 18.8 Å². The zero-order chi connectivity index (χ0) is 18.5. The highest BCUT2D eigenvalue weighted by atomic mass is 16.3. The van der Waals surface area contributed by atoms with Crippen LogP contribution in [0.4, 0.5) is 0 Å². The molecule has 1 unspecified atom stereocenters. The number of amides is 1. The molecule has 1 aromatic rings. The molecule has 0 saturated carbocycles. The molecule has 24 heavy (non-hydrogen) atoms. The van der Waals surface area contributed by atoms with Crippen LogP contribution in [-0.2, 0) is 10.2 Å². The summed E-state index contributed by atoms with van der Waals surface area (Å²) in [4.78, 5) is 12.3. The van der Waals surface area contributed by atoms with Crippen LogP contribution >= 0.6 is 0 Å². The summed E-state index contributed by atoms with van der Waals surface area (Å²) in [7, 11) is 0. The van der Waals surface area contributed by atoms with Crippen LogP contribution < -0.4 is 5.32 Å². The summed E-state index contributed by atoms with van der Waals surface area (Å²) in [5, 5.41) is 32.2. The van der Waals surface area contributed by atoms with E-state index in [0.717, 1.165) is 11.1 Å². The van der Waals surface area contributed by atoms with Crippen molar-refractivity contribution in [1.29, 1.82) is 0 Å². The molecule has 0 spiro atoms. The summed E-state index contributed by atoms with van der Waals surface area (Å²) >= 11 is 0. The van der Waals surface area contributed by atoms with Gasteiger partial charge in [0.25, 0.3) is 0 Å². The molecular weight excluding hydrogens is 306 g/mol. The quantitative estimate of drug-likeness (QED) is 0.615. The number of carbonyl (C=O) groups excluding carboxylic acids is 1. The zero-order valence-electron chi connectivity index (χ0n) is 15.4. The van der Waals surface area contributed by atoms with Crippen molar-refractivity contribution in [2.45, 2.75) is 64.3 Å². The maximum absolute atomic E-state index is 12.3. The van der Waals surface area contributed by atoms with Crippen molar-refractivity contribution < 1.29 is 20.1 Å². The Labute approximate surface area is 144 Å². The van der Waals surface area contributed by atoms with Gasteiger partial charge in [-0.25, -0.2) is 0 Å². The third kappa shape index (κ3) is 4.71. The Morgan fingerprint density at radius 1 is 1.21 bits per heavy atom. The fourth-order valence-corrected chi connectivity index (χ4v) is 2.74. The summed E-state index contributed by atoms with van der Waals surface area (Å²) in [6.45, 7) is 9.14. The van der Waals surface area contributed by atoms with Crippen LogP contribution in [0.3, 0.4) is 0 Å². The zero-order valence-corrected chi connectivity index (χ0v) is 15.4. The first-order chi connectivity index (χ1) is 11.1. The fraction of sp³-hybridized carbons (Fsp3) is 0.632. The number of aliphatic hydroxyl groups excluding tert-OH is 2. The maximum Gasteiger partial charge on any atom is 0.221 e. The number of nitrogens with one attached hydrogen (secondary N) is 1. The molecule has 1 rings (SSSR count). The standard InChI is InChI=1S/C19H31NO4/c1-6-19(11-21,12-22)20-16(23)10-13(2)14-8-7-9-15(17(14)24)18(3,4)5/h7-9,13,21-22,24H,6,10-12H2,1-5H3,(H,20,23). The monoisotopic (exact) mass is 337 g/mol. The normalized spacial score (nSPS) is 13.6. The molecule has 0 saturated heterocycles. The Morgan fingerprint density at radius 2 is 1.79 bits per heavy atom. The lowest BCUT2D eigenvalue weighted by molar-refractivity contribution is -0.124. The van der Waals surface area contributed by atoms with E-state index >= 15 is 0 Å². The first kappa shape index (κ1) is 20.5. The highest BCUT2D eigenvalue weighted by Gasteiger charge is 2.29. The van der Waals surface area contributed by atoms with Gasteiger partial charge in [-0.15, -0.1) is 0 Å². The Bertz CT molecular complexity index is 551. The van der Waals surface area contributed by atoms with Crippen LogP contribution in [0, 0.1) is 0 Å². The van der Waals surface area contributed by atoms with Crippen molar-refractivity contribution in [2.75, 3.05) is 13.2 Å². The van der Waals surface area contributed by atoms with E-state index in [-0.39, 0.29) is 42.6 Å². The molecule has 0 bridgehead atoms. The SMILES string of the molecule is CCC(CO)(CO)NC(=O)CC(C)c1cccc(C(C)(C)C)c1O. The van der Waals surface area contributed by atoms with Crippen molar-refractivity contribution >= 4 is 5.91 Å². The number of rotatable bonds is 7. The molecule has 0 aliphatic rings. The van der Waals surface area contributed by atoms with Crippen LogP contribution in [0.1, 0.15) is 64.5 Å². The van der Waals surface area contributed by atoms with E-state index < -0.39 is 5.54 Å². The molecule has 0 radical (unpaired) electrons. The second-order valence-electron chi connectivity index (χ2n) is 7.60. The smallest absolute Gasteiger partial charge is 0.221 e. The van der Waals surface area contributed by atoms with E-state index in [1.54, 1.807) is 6.92 Å². The number of para-hydroxylation sites is 1. The number of phenols is 1. The third-order valence-corrected chi connectivity index (χ3v) is 4.58. The van der Waals surface area contributed by atoms with E-state index in [2.05, 4.69) is 5.32 Å². The van der Waals surface area contributed by atoms with Gasteiger partial charge in [0.1, 0.15) is 5.75 Å². The van der Waals surface area contributed by atoms with Gasteiger partial charge in [-0.1, -0.05) is 52.8 Å². The number of aromatic hydroxyl groups is 1. The average Bonchev–Trinajstić information content (AvgIpc) is 2.51. The maximum atomic E-state index is 12.3. The molecule has 136 valence electrons. The van der Waals surface area contributed by atoms with Crippen molar-refractivity contribution in [2.24, 2.45) is 0 Å². The highest BCUT2D eigenvalue weighted by molar-refractivity contribution is 5.78. The van der Waals surface area contributed by atoms with E-state index in [9.17, 15) is 20.1 Å². The van der Waals surface area contributed by atoms with Crippen molar-refractivity contribution in [3.8, 4) is 5.75 Å². The summed E-state index contributed by atoms with van der Waals surface area (Å²) < 4.78 is 0. The first-order valence-electron chi connectivity index (χ1n) is 8.45. The topological polar surface area (TPSA) is 89.8 Å². The average molecular weight is 337 g/mol. The molecular formula is C19H31NO4. The van der Waals surface area contributed by atoms with Gasteiger partial charge in [-0.05, 0) is 28.9 Å². The second kappa shape index (κ2) is 7.99. The highest BCUT2D eigenvalue weighted by Crippen LogP contribution is 2.37. The number of hydrogen-bond donors (Lipinski definition) is 4. The Kier molecular flexibility index (Phi) is 6.81. The van der Waals surface area contributed by atoms with E-state index in [1.807, 2.05) is 45.9 Å². The molecule has 1 atom stereocenters. The predicted octanol–water partition coefficient (Wildman–Crippen LogP) is 2.43. The number of carbonyl (C=O) groups is 1. The summed E-state index contributed by atoms with van der Waals surface area (Å²) in [6, 6.07) is 5.61. The lowest BCUT2D eigenvalue weighted by Gasteiger charge is -2.30. The van der Waals surface area contributed by atoms with Crippen LogP contribution in [0.2, 0.25) is 0 Å². The molecule has 4 N–H and O–H groups in total. The van der Waals surface area contributed by atoms with E-state index in [0.29, 0.717) is 6.42 Å². The molecule has 0 aromatic heterocycles. The van der Waals surface area contributed by atoms with Gasteiger partial charge < -0.3 is 20.6 Å². The molecule has 0 aliphatic heterocycles. The molecule has 5 nitrogen and oxygen atoms in total. The summed E-state index contributed by atoms with van der Waals surface area (Å²) in [6.07, 6.45) is 0.605. The second-order valence-corrected chi connectivity index (χ2v) is 7.60. The third-order valence-electron chi connectivity index (χ3n) is 4.58. The Morgan fingerprint density at radius 3 is 2.25 bits per heavy atom. The molecule has 1 aromatic carbocycles. The molecule has 0 fully saturated rings. The summed E-state index contributed by atoms with van der Waals surface area (Å²) in [5.41, 5.74) is 0.396. The predicted molar refractivity (Wildman–Crippen MR) is 95.2 cm³/mol. The first-order valence-corrected chi connectivity index (χ1v) is 8.45. The van der Waals surface area contributed by atoms with Gasteiger partial charge in [-0.2, -0.15) is 0 Å². The summed E-state index contributed by atoms with van der Waals surface area (Å²) in [5.74, 6) is -0.205. The van der Waals surface area contributed by atoms with Crippen LogP contribution in [0.15, 0.2) is 18.2 Å². The Hall–Kier alpha value is -1.59. The van der Waals surface area contributed by atoms with Gasteiger partial charge in [0, 0.05) is 6.42 Å². The molecule has 5 heteroatoms. The van der Waals surface area contributed by atoms with Crippen LogP contribution in [-0.4, -0.2) is 40.0 Å². The van der Waals surface area contributed by atoms with E-state index in [4.69, 9.17) is 0 Å². The number of hydrogen-bond acceptors (Lipinski definition) is 4. The minimum Gasteiger partial charge on any atom is -0.507 e. The van der Waals surface area contributed by atoms with Gasteiger partial charge in [-0.3, -0.25) is 4.79 Å². The van der Waals surface area contributed by atoms with Crippen LogP contribution in [0.5, 0.6) is 5.75 Å². The Balaban J connectivity index is 2.93. The largest absolute Gasteiger partial charge is 0.507 e. The van der Waals surface area contributed by atoms with Gasteiger partial charge >= 0.3 is 0 Å². The van der Waals surface area contributed by atoms with Gasteiger partial charge in [0.15, 0.2) is 0 Å². The lowest BCUT2D eigenvalue weighted by Crippen LogP contribution is -2.53. The molecule has 0 aliphatic carbocycles. The van der Waals surface area contributed by atoms with Crippen molar-refractivity contribution in [3.05, 3.63) is 29.3 Å². The molecule has 0 heterocycles. The molecule has 1 amide bonds. The minimum atomic E-state index is -0.994.